The number of aliphatic imine (C=N–C) groups is 1. The van der Waals surface area contributed by atoms with Gasteiger partial charge in [-0.1, -0.05) is 23.6 Å². The van der Waals surface area contributed by atoms with E-state index < -0.39 is 0 Å². The third-order valence-corrected chi connectivity index (χ3v) is 2.96. The van der Waals surface area contributed by atoms with Gasteiger partial charge in [0.05, 0.1) is 5.69 Å². The van der Waals surface area contributed by atoms with Crippen molar-refractivity contribution in [3.8, 4) is 18.1 Å². The van der Waals surface area contributed by atoms with Gasteiger partial charge in [-0.15, -0.1) is 6.42 Å². The Labute approximate surface area is 124 Å². The van der Waals surface area contributed by atoms with Crippen molar-refractivity contribution in [2.45, 2.75) is 6.92 Å². The van der Waals surface area contributed by atoms with Crippen LogP contribution in [0.25, 0.3) is 0 Å². The minimum absolute atomic E-state index is 0.273. The molecule has 2 aromatic carbocycles. The van der Waals surface area contributed by atoms with Crippen molar-refractivity contribution in [2.24, 2.45) is 4.99 Å². The zero-order valence-corrected chi connectivity index (χ0v) is 11.9. The minimum atomic E-state index is 0.273. The van der Waals surface area contributed by atoms with Crippen LogP contribution in [0.15, 0.2) is 47.5 Å². The van der Waals surface area contributed by atoms with Crippen LogP contribution < -0.4 is 4.74 Å². The molecule has 0 aromatic heterocycles. The monoisotopic (exact) mass is 283 g/mol. The average Bonchev–Trinajstić information content (AvgIpc) is 2.47. The molecular formula is C17H14ClNO. The van der Waals surface area contributed by atoms with Crippen molar-refractivity contribution in [1.82, 2.24) is 0 Å². The maximum Gasteiger partial charge on any atom is 0.148 e. The second-order valence-corrected chi connectivity index (χ2v) is 4.69. The van der Waals surface area contributed by atoms with E-state index in [2.05, 4.69) is 10.9 Å². The third-order valence-electron chi connectivity index (χ3n) is 2.73. The van der Waals surface area contributed by atoms with Gasteiger partial charge >= 0.3 is 0 Å². The molecule has 0 atom stereocenters. The van der Waals surface area contributed by atoms with Gasteiger partial charge in [-0.2, -0.15) is 0 Å². The maximum atomic E-state index is 5.96. The summed E-state index contributed by atoms with van der Waals surface area (Å²) in [5.74, 6) is 3.18. The van der Waals surface area contributed by atoms with Gasteiger partial charge in [0, 0.05) is 11.2 Å². The summed E-state index contributed by atoms with van der Waals surface area (Å²) in [7, 11) is 0. The van der Waals surface area contributed by atoms with Crippen LogP contribution in [0, 0.1) is 19.3 Å². The highest BCUT2D eigenvalue weighted by Gasteiger charge is 1.97. The number of hydrogen-bond donors (Lipinski definition) is 0. The summed E-state index contributed by atoms with van der Waals surface area (Å²) >= 11 is 5.96. The molecule has 0 unspecified atom stereocenters. The van der Waals surface area contributed by atoms with Crippen LogP contribution in [-0.4, -0.2) is 12.8 Å². The Balaban J connectivity index is 2.11. The maximum absolute atomic E-state index is 5.96. The zero-order valence-electron chi connectivity index (χ0n) is 11.1. The highest BCUT2D eigenvalue weighted by molar-refractivity contribution is 6.30. The number of terminal acetylenes is 1. The third kappa shape index (κ3) is 3.88. The molecule has 0 aliphatic heterocycles. The van der Waals surface area contributed by atoms with Crippen LogP contribution in [0.4, 0.5) is 5.69 Å². The van der Waals surface area contributed by atoms with Gasteiger partial charge < -0.3 is 4.74 Å². The van der Waals surface area contributed by atoms with Crippen molar-refractivity contribution >= 4 is 23.5 Å². The second-order valence-electron chi connectivity index (χ2n) is 4.25. The molecular weight excluding hydrogens is 270 g/mol. The van der Waals surface area contributed by atoms with Gasteiger partial charge in [-0.3, -0.25) is 4.99 Å². The summed E-state index contributed by atoms with van der Waals surface area (Å²) in [6, 6.07) is 13.2. The smallest absolute Gasteiger partial charge is 0.148 e. The lowest BCUT2D eigenvalue weighted by atomic mass is 10.2. The summed E-state index contributed by atoms with van der Waals surface area (Å²) in [5.41, 5.74) is 2.93. The van der Waals surface area contributed by atoms with Crippen molar-refractivity contribution < 1.29 is 4.74 Å². The van der Waals surface area contributed by atoms with E-state index in [0.29, 0.717) is 5.02 Å². The topological polar surface area (TPSA) is 21.6 Å². The standard InChI is InChI=1S/C17H14ClNO/c1-3-10-20-16-8-5-14(6-9-16)12-19-17-11-15(18)7-4-13(17)2/h1,4-9,11-12H,10H2,2H3. The van der Waals surface area contributed by atoms with E-state index in [1.807, 2.05) is 49.4 Å². The van der Waals surface area contributed by atoms with Crippen LogP contribution in [0.2, 0.25) is 5.02 Å². The molecule has 0 aliphatic rings. The van der Waals surface area contributed by atoms with Crippen LogP contribution in [-0.2, 0) is 0 Å². The number of aryl methyl sites for hydroxylation is 1. The van der Waals surface area contributed by atoms with Gasteiger partial charge in [0.25, 0.3) is 0 Å². The van der Waals surface area contributed by atoms with Gasteiger partial charge in [0.2, 0.25) is 0 Å². The summed E-state index contributed by atoms with van der Waals surface area (Å²) in [5, 5.41) is 0.681. The molecule has 0 bridgehead atoms. The molecule has 0 radical (unpaired) electrons. The van der Waals surface area contributed by atoms with Gasteiger partial charge in [-0.05, 0) is 54.4 Å². The van der Waals surface area contributed by atoms with E-state index in [1.54, 1.807) is 6.21 Å². The van der Waals surface area contributed by atoms with Crippen molar-refractivity contribution in [3.05, 3.63) is 58.6 Å². The number of hydrogen-bond acceptors (Lipinski definition) is 2. The van der Waals surface area contributed by atoms with E-state index in [-0.39, 0.29) is 6.61 Å². The lowest BCUT2D eigenvalue weighted by Gasteiger charge is -2.02. The molecule has 0 amide bonds. The van der Waals surface area contributed by atoms with Crippen molar-refractivity contribution in [1.29, 1.82) is 0 Å². The first kappa shape index (κ1) is 14.2. The van der Waals surface area contributed by atoms with Gasteiger partial charge in [-0.25, -0.2) is 0 Å². The Hall–Kier alpha value is -2.24. The average molecular weight is 284 g/mol. The van der Waals surface area contributed by atoms with E-state index in [4.69, 9.17) is 22.8 Å². The molecule has 20 heavy (non-hydrogen) atoms. The first-order chi connectivity index (χ1) is 9.69. The largest absolute Gasteiger partial charge is 0.481 e. The van der Waals surface area contributed by atoms with Gasteiger partial charge in [0.1, 0.15) is 12.4 Å². The SMILES string of the molecule is C#CCOc1ccc(C=Nc2cc(Cl)ccc2C)cc1. The predicted octanol–water partition coefficient (Wildman–Crippen LogP) is 4.41. The summed E-state index contributed by atoms with van der Waals surface area (Å²) < 4.78 is 5.31. The first-order valence-corrected chi connectivity index (χ1v) is 6.53. The first-order valence-electron chi connectivity index (χ1n) is 6.15. The molecule has 0 N–H and O–H groups in total. The number of rotatable bonds is 4. The minimum Gasteiger partial charge on any atom is -0.481 e. The highest BCUT2D eigenvalue weighted by Crippen LogP contribution is 2.23. The van der Waals surface area contributed by atoms with E-state index in [1.165, 1.54) is 0 Å². The van der Waals surface area contributed by atoms with Crippen molar-refractivity contribution in [2.75, 3.05) is 6.61 Å². The fourth-order valence-electron chi connectivity index (χ4n) is 1.64. The Morgan fingerprint density at radius 2 is 2.00 bits per heavy atom. The summed E-state index contributed by atoms with van der Waals surface area (Å²) in [6.45, 7) is 2.27. The molecule has 3 heteroatoms. The van der Waals surface area contributed by atoms with E-state index >= 15 is 0 Å². The molecule has 0 spiro atoms. The summed E-state index contributed by atoms with van der Waals surface area (Å²) in [4.78, 5) is 4.45. The van der Waals surface area contributed by atoms with Crippen LogP contribution in [0.3, 0.4) is 0 Å². The Kier molecular flexibility index (Phi) is 4.81. The fraction of sp³-hybridized carbons (Fsp3) is 0.118. The van der Waals surface area contributed by atoms with E-state index in [9.17, 15) is 0 Å². The fourth-order valence-corrected chi connectivity index (χ4v) is 1.81. The Morgan fingerprint density at radius 1 is 1.25 bits per heavy atom. The van der Waals surface area contributed by atoms with Crippen molar-refractivity contribution in [3.63, 3.8) is 0 Å². The number of halogens is 1. The molecule has 0 fully saturated rings. The normalized spacial score (nSPS) is 10.4. The quantitative estimate of drug-likeness (QED) is 0.601. The lowest BCUT2D eigenvalue weighted by Crippen LogP contribution is -1.93. The second kappa shape index (κ2) is 6.79. The number of nitrogens with zero attached hydrogens (tertiary/aromatic N) is 1. The summed E-state index contributed by atoms with van der Waals surface area (Å²) in [6.07, 6.45) is 6.93. The molecule has 0 aliphatic carbocycles. The molecule has 2 nitrogen and oxygen atoms in total. The Morgan fingerprint density at radius 3 is 2.70 bits per heavy atom. The lowest BCUT2D eigenvalue weighted by molar-refractivity contribution is 0.370. The zero-order chi connectivity index (χ0) is 14.4. The van der Waals surface area contributed by atoms with Gasteiger partial charge in [0.15, 0.2) is 0 Å². The molecule has 0 saturated carbocycles. The number of benzene rings is 2. The molecule has 2 aromatic rings. The number of ether oxygens (including phenoxy) is 1. The predicted molar refractivity (Wildman–Crippen MR) is 84.2 cm³/mol. The molecule has 100 valence electrons. The van der Waals surface area contributed by atoms with Crippen LogP contribution in [0.5, 0.6) is 5.75 Å². The van der Waals surface area contributed by atoms with Crippen LogP contribution in [0.1, 0.15) is 11.1 Å². The van der Waals surface area contributed by atoms with E-state index in [0.717, 1.165) is 22.6 Å². The molecule has 2 rings (SSSR count). The molecule has 0 saturated heterocycles. The molecule has 0 heterocycles. The highest BCUT2D eigenvalue weighted by atomic mass is 35.5. The Bertz CT molecular complexity index is 654. The van der Waals surface area contributed by atoms with Crippen LogP contribution >= 0.6 is 11.6 Å².